The van der Waals surface area contributed by atoms with Crippen molar-refractivity contribution in [2.24, 2.45) is 11.8 Å². The van der Waals surface area contributed by atoms with Crippen LogP contribution in [-0.4, -0.2) is 40.8 Å². The number of carbonyl (C=O) groups excluding carboxylic acids is 1. The Morgan fingerprint density at radius 3 is 2.59 bits per heavy atom. The summed E-state index contributed by atoms with van der Waals surface area (Å²) < 4.78 is 13.1. The molecule has 3 heterocycles. The molecule has 1 amide bonds. The van der Waals surface area contributed by atoms with Gasteiger partial charge in [0.2, 0.25) is 5.91 Å². The highest BCUT2D eigenvalue weighted by molar-refractivity contribution is 5.94. The Hall–Kier alpha value is -3.71. The minimum Gasteiger partial charge on any atom is -0.491 e. The van der Waals surface area contributed by atoms with Crippen molar-refractivity contribution in [1.29, 1.82) is 0 Å². The number of unbranched alkanes of at least 4 members (excludes halogenated alkanes) is 2. The first-order valence-corrected chi connectivity index (χ1v) is 15.1. The molecule has 0 radical (unpaired) electrons. The lowest BCUT2D eigenvalue weighted by Gasteiger charge is -2.22. The molecular formula is C34H42N4O3. The van der Waals surface area contributed by atoms with Gasteiger partial charge in [-0.25, -0.2) is 4.98 Å². The van der Waals surface area contributed by atoms with E-state index in [2.05, 4.69) is 39.3 Å². The van der Waals surface area contributed by atoms with Gasteiger partial charge in [0.1, 0.15) is 18.0 Å². The summed E-state index contributed by atoms with van der Waals surface area (Å²) in [6.07, 6.45) is 14.9. The topological polar surface area (TPSA) is 78.3 Å². The van der Waals surface area contributed by atoms with Crippen LogP contribution in [0.2, 0.25) is 0 Å². The molecule has 0 spiro atoms. The molecule has 0 saturated heterocycles. The van der Waals surface area contributed by atoms with E-state index in [0.29, 0.717) is 25.7 Å². The molecule has 4 aromatic rings. The molecule has 5 rings (SSSR count). The lowest BCUT2D eigenvalue weighted by molar-refractivity contribution is -0.127. The predicted molar refractivity (Wildman–Crippen MR) is 163 cm³/mol. The highest BCUT2D eigenvalue weighted by Gasteiger charge is 2.30. The number of methoxy groups -OCH3 is 1. The van der Waals surface area contributed by atoms with Gasteiger partial charge in [-0.15, -0.1) is 0 Å². The van der Waals surface area contributed by atoms with Crippen LogP contribution in [0.25, 0.3) is 22.2 Å². The van der Waals surface area contributed by atoms with Gasteiger partial charge in [0, 0.05) is 49.1 Å². The number of rotatable bonds is 15. The van der Waals surface area contributed by atoms with Gasteiger partial charge in [0.05, 0.1) is 18.8 Å². The van der Waals surface area contributed by atoms with Crippen molar-refractivity contribution in [3.8, 4) is 16.9 Å². The molecule has 1 N–H and O–H groups in total. The first-order chi connectivity index (χ1) is 20.2. The molecule has 1 atom stereocenters. The lowest BCUT2D eigenvalue weighted by Crippen LogP contribution is -2.34. The number of aromatic nitrogens is 3. The van der Waals surface area contributed by atoms with E-state index >= 15 is 0 Å². The summed E-state index contributed by atoms with van der Waals surface area (Å²) in [6.45, 7) is 2.52. The maximum Gasteiger partial charge on any atom is 0.223 e. The average molecular weight is 555 g/mol. The number of pyridine rings is 2. The van der Waals surface area contributed by atoms with Crippen molar-refractivity contribution in [3.05, 3.63) is 78.9 Å². The van der Waals surface area contributed by atoms with Crippen LogP contribution in [0.4, 0.5) is 0 Å². The van der Waals surface area contributed by atoms with Crippen LogP contribution >= 0.6 is 0 Å². The smallest absolute Gasteiger partial charge is 0.223 e. The van der Waals surface area contributed by atoms with Gasteiger partial charge in [0.15, 0.2) is 0 Å². The average Bonchev–Trinajstić information content (AvgIpc) is 3.68. The van der Waals surface area contributed by atoms with Crippen molar-refractivity contribution in [2.45, 2.75) is 64.5 Å². The summed E-state index contributed by atoms with van der Waals surface area (Å²) in [5, 5.41) is 4.33. The van der Waals surface area contributed by atoms with E-state index in [1.807, 2.05) is 42.6 Å². The molecule has 1 unspecified atom stereocenters. The maximum atomic E-state index is 13.2. The Balaban J connectivity index is 1.16. The molecule has 216 valence electrons. The van der Waals surface area contributed by atoms with Gasteiger partial charge in [-0.3, -0.25) is 9.78 Å². The fourth-order valence-corrected chi connectivity index (χ4v) is 6.07. The minimum absolute atomic E-state index is 0.100. The summed E-state index contributed by atoms with van der Waals surface area (Å²) in [7, 11) is 1.67. The van der Waals surface area contributed by atoms with E-state index in [9.17, 15) is 4.79 Å². The molecule has 1 fully saturated rings. The van der Waals surface area contributed by atoms with Gasteiger partial charge in [-0.2, -0.15) is 0 Å². The van der Waals surface area contributed by atoms with Crippen LogP contribution in [0.1, 0.15) is 57.1 Å². The summed E-state index contributed by atoms with van der Waals surface area (Å²) in [5.41, 5.74) is 4.25. The van der Waals surface area contributed by atoms with E-state index in [-0.39, 0.29) is 11.8 Å². The monoisotopic (exact) mass is 554 g/mol. The van der Waals surface area contributed by atoms with E-state index in [1.165, 1.54) is 31.2 Å². The SMILES string of the molecule is COCCOc1ccc(-c2cn(CCCCCC(C(=O)NCc3ccccn3)C3CCCC3)c3ncccc23)cc1. The molecule has 0 bridgehead atoms. The normalized spacial score (nSPS) is 14.4. The zero-order valence-electron chi connectivity index (χ0n) is 24.1. The number of hydrogen-bond donors (Lipinski definition) is 1. The lowest BCUT2D eigenvalue weighted by atomic mass is 9.85. The highest BCUT2D eigenvalue weighted by atomic mass is 16.5. The standard InChI is InChI=1S/C34H42N4O3/c1-40-22-23-41-29-17-15-27(16-18-29)32-25-38(33-31(32)14-9-20-36-33)21-8-2-3-13-30(26-10-4-5-11-26)34(39)37-24-28-12-6-7-19-35-28/h6-7,9,12,14-20,25-26,30H,2-5,8,10-11,13,21-24H2,1H3,(H,37,39). The zero-order valence-corrected chi connectivity index (χ0v) is 24.1. The molecular weight excluding hydrogens is 512 g/mol. The Kier molecular flexibility index (Phi) is 10.4. The Morgan fingerprint density at radius 1 is 0.976 bits per heavy atom. The van der Waals surface area contributed by atoms with E-state index in [0.717, 1.165) is 60.3 Å². The molecule has 1 aromatic carbocycles. The third-order valence-electron chi connectivity index (χ3n) is 8.25. The summed E-state index contributed by atoms with van der Waals surface area (Å²) in [6, 6.07) is 18.2. The van der Waals surface area contributed by atoms with E-state index in [4.69, 9.17) is 14.5 Å². The Bertz CT molecular complexity index is 1360. The van der Waals surface area contributed by atoms with Gasteiger partial charge < -0.3 is 19.4 Å². The van der Waals surface area contributed by atoms with Crippen LogP contribution in [-0.2, 0) is 22.6 Å². The van der Waals surface area contributed by atoms with Gasteiger partial charge in [-0.1, -0.05) is 43.9 Å². The van der Waals surface area contributed by atoms with Crippen molar-refractivity contribution in [2.75, 3.05) is 20.3 Å². The third-order valence-corrected chi connectivity index (χ3v) is 8.25. The van der Waals surface area contributed by atoms with Crippen LogP contribution in [0.3, 0.4) is 0 Å². The molecule has 7 heteroatoms. The second kappa shape index (κ2) is 14.8. The second-order valence-corrected chi connectivity index (χ2v) is 11.0. The van der Waals surface area contributed by atoms with E-state index in [1.54, 1.807) is 13.3 Å². The number of benzene rings is 1. The van der Waals surface area contributed by atoms with Crippen LogP contribution < -0.4 is 10.1 Å². The Morgan fingerprint density at radius 2 is 1.80 bits per heavy atom. The van der Waals surface area contributed by atoms with Crippen molar-refractivity contribution in [1.82, 2.24) is 19.9 Å². The number of hydrogen-bond acceptors (Lipinski definition) is 5. The molecule has 3 aromatic heterocycles. The number of aryl methyl sites for hydroxylation is 1. The highest BCUT2D eigenvalue weighted by Crippen LogP contribution is 2.35. The number of fused-ring (bicyclic) bond motifs is 1. The summed E-state index contributed by atoms with van der Waals surface area (Å²) in [5.74, 6) is 1.65. The number of amides is 1. The maximum absolute atomic E-state index is 13.2. The first kappa shape index (κ1) is 28.8. The molecule has 1 saturated carbocycles. The molecule has 7 nitrogen and oxygen atoms in total. The molecule has 1 aliphatic rings. The van der Waals surface area contributed by atoms with Crippen LogP contribution in [0.15, 0.2) is 73.2 Å². The quantitative estimate of drug-likeness (QED) is 0.163. The third kappa shape index (κ3) is 7.73. The summed E-state index contributed by atoms with van der Waals surface area (Å²) in [4.78, 5) is 22.3. The second-order valence-electron chi connectivity index (χ2n) is 11.0. The number of carbonyl (C=O) groups is 1. The number of nitrogens with one attached hydrogen (secondary N) is 1. The van der Waals surface area contributed by atoms with Crippen molar-refractivity contribution < 1.29 is 14.3 Å². The largest absolute Gasteiger partial charge is 0.491 e. The first-order valence-electron chi connectivity index (χ1n) is 15.1. The van der Waals surface area contributed by atoms with Gasteiger partial charge >= 0.3 is 0 Å². The zero-order chi connectivity index (χ0) is 28.3. The summed E-state index contributed by atoms with van der Waals surface area (Å²) >= 11 is 0. The predicted octanol–water partition coefficient (Wildman–Crippen LogP) is 6.81. The van der Waals surface area contributed by atoms with Crippen molar-refractivity contribution in [3.63, 3.8) is 0 Å². The fourth-order valence-electron chi connectivity index (χ4n) is 6.07. The van der Waals surface area contributed by atoms with Crippen molar-refractivity contribution >= 4 is 16.9 Å². The minimum atomic E-state index is 0.100. The van der Waals surface area contributed by atoms with E-state index < -0.39 is 0 Å². The van der Waals surface area contributed by atoms with Gasteiger partial charge in [0.25, 0.3) is 0 Å². The number of nitrogens with zero attached hydrogens (tertiary/aromatic N) is 3. The molecule has 1 aliphatic carbocycles. The fraction of sp³-hybridized carbons (Fsp3) is 0.441. The molecule has 41 heavy (non-hydrogen) atoms. The Labute approximate surface area is 243 Å². The van der Waals surface area contributed by atoms with Crippen LogP contribution in [0, 0.1) is 11.8 Å². The van der Waals surface area contributed by atoms with Gasteiger partial charge in [-0.05, 0) is 73.6 Å². The number of ether oxygens (including phenoxy) is 2. The molecule has 0 aliphatic heterocycles. The van der Waals surface area contributed by atoms with Crippen LogP contribution in [0.5, 0.6) is 5.75 Å².